The van der Waals surface area contributed by atoms with E-state index in [4.69, 9.17) is 4.74 Å². The van der Waals surface area contributed by atoms with Crippen LogP contribution >= 0.6 is 0 Å². The summed E-state index contributed by atoms with van der Waals surface area (Å²) >= 11 is 0. The Balaban J connectivity index is 1.43. The third-order valence-corrected chi connectivity index (χ3v) is 5.87. The third kappa shape index (κ3) is 4.99. The van der Waals surface area contributed by atoms with Gasteiger partial charge in [0.2, 0.25) is 11.9 Å². The number of H-pyrrole nitrogens is 1. The average molecular weight is 473 g/mol. The largest absolute Gasteiger partial charge is 0.487 e. The highest BCUT2D eigenvalue weighted by atomic mass is 19.1. The van der Waals surface area contributed by atoms with E-state index < -0.39 is 0 Å². The average Bonchev–Trinajstić information content (AvgIpc) is 3.46. The highest BCUT2D eigenvalue weighted by Gasteiger charge is 2.22. The molecule has 2 aromatic carbocycles. The number of rotatable bonds is 7. The first-order chi connectivity index (χ1) is 17.0. The lowest BCUT2D eigenvalue weighted by Gasteiger charge is -2.18. The van der Waals surface area contributed by atoms with Gasteiger partial charge in [0.1, 0.15) is 23.2 Å². The van der Waals surface area contributed by atoms with E-state index in [1.165, 1.54) is 18.2 Å². The number of hydrogen-bond donors (Lipinski definition) is 3. The Kier molecular flexibility index (Phi) is 6.15. The normalized spacial score (nSPS) is 15.8. The number of likely N-dealkylation sites (N-methyl/N-ethyl adjacent to an activating group) is 1. The summed E-state index contributed by atoms with van der Waals surface area (Å²) in [6.45, 7) is 5.32. The SMILES string of the molecule is C=CC(=O)Nc1cc(Nc2ncc3[nH]cc(-c4cccc(F)c4)c3n2)ccc1OC1CCN(C)C1. The van der Waals surface area contributed by atoms with Crippen LogP contribution in [0.2, 0.25) is 0 Å². The van der Waals surface area contributed by atoms with Crippen molar-refractivity contribution in [3.63, 3.8) is 0 Å². The minimum absolute atomic E-state index is 0.0544. The number of amides is 1. The van der Waals surface area contributed by atoms with E-state index in [1.807, 2.05) is 18.2 Å². The standard InChI is InChI=1S/C26H25FN6O2/c1-3-24(34)31-21-12-18(7-8-23(21)35-19-9-10-33(2)15-19)30-26-29-14-22-25(32-26)20(13-28-22)16-5-4-6-17(27)11-16/h3-8,11-14,19,28H,1,9-10,15H2,2H3,(H,31,34)(H,29,30,32). The van der Waals surface area contributed by atoms with Crippen LogP contribution in [0.1, 0.15) is 6.42 Å². The van der Waals surface area contributed by atoms with Gasteiger partial charge in [-0.1, -0.05) is 18.7 Å². The maximum Gasteiger partial charge on any atom is 0.247 e. The number of carbonyl (C=O) groups is 1. The van der Waals surface area contributed by atoms with Crippen LogP contribution in [0.5, 0.6) is 5.75 Å². The molecule has 0 radical (unpaired) electrons. The number of anilines is 3. The lowest BCUT2D eigenvalue weighted by atomic mass is 10.1. The highest BCUT2D eigenvalue weighted by Crippen LogP contribution is 2.32. The summed E-state index contributed by atoms with van der Waals surface area (Å²) in [5.41, 5.74) is 4.08. The number of nitrogens with one attached hydrogen (secondary N) is 3. The molecule has 35 heavy (non-hydrogen) atoms. The molecule has 4 aromatic rings. The van der Waals surface area contributed by atoms with Crippen molar-refractivity contribution in [1.82, 2.24) is 19.9 Å². The first kappa shape index (κ1) is 22.5. The molecule has 0 bridgehead atoms. The molecule has 0 saturated carbocycles. The molecule has 1 atom stereocenters. The summed E-state index contributed by atoms with van der Waals surface area (Å²) in [5, 5.41) is 6.00. The van der Waals surface area contributed by atoms with Crippen molar-refractivity contribution in [2.45, 2.75) is 12.5 Å². The van der Waals surface area contributed by atoms with Gasteiger partial charge in [-0.25, -0.2) is 14.4 Å². The number of likely N-dealkylation sites (tertiary alicyclic amines) is 1. The van der Waals surface area contributed by atoms with Gasteiger partial charge >= 0.3 is 0 Å². The van der Waals surface area contributed by atoms with Crippen molar-refractivity contribution in [3.05, 3.63) is 73.3 Å². The number of benzene rings is 2. The predicted octanol–water partition coefficient (Wildman–Crippen LogP) is 4.72. The van der Waals surface area contributed by atoms with E-state index in [1.54, 1.807) is 24.5 Å². The summed E-state index contributed by atoms with van der Waals surface area (Å²) in [5.74, 6) is 0.300. The van der Waals surface area contributed by atoms with E-state index >= 15 is 0 Å². The van der Waals surface area contributed by atoms with E-state index in [2.05, 4.69) is 44.1 Å². The number of fused-ring (bicyclic) bond motifs is 1. The van der Waals surface area contributed by atoms with Crippen LogP contribution in [-0.4, -0.2) is 52.0 Å². The second-order valence-corrected chi connectivity index (χ2v) is 8.49. The van der Waals surface area contributed by atoms with Crippen LogP contribution in [0.15, 0.2) is 67.5 Å². The first-order valence-corrected chi connectivity index (χ1v) is 11.3. The smallest absolute Gasteiger partial charge is 0.247 e. The second kappa shape index (κ2) is 9.55. The molecule has 1 aliphatic heterocycles. The highest BCUT2D eigenvalue weighted by molar-refractivity contribution is 6.00. The van der Waals surface area contributed by atoms with Gasteiger partial charge in [-0.15, -0.1) is 0 Å². The van der Waals surface area contributed by atoms with Crippen molar-refractivity contribution < 1.29 is 13.9 Å². The molecular weight excluding hydrogens is 447 g/mol. The van der Waals surface area contributed by atoms with Gasteiger partial charge in [0.15, 0.2) is 0 Å². The zero-order valence-corrected chi connectivity index (χ0v) is 19.2. The van der Waals surface area contributed by atoms with E-state index in [9.17, 15) is 9.18 Å². The number of halogens is 1. The second-order valence-electron chi connectivity index (χ2n) is 8.49. The maximum absolute atomic E-state index is 13.8. The molecule has 1 unspecified atom stereocenters. The third-order valence-electron chi connectivity index (χ3n) is 5.87. The van der Waals surface area contributed by atoms with Crippen LogP contribution in [0.25, 0.3) is 22.2 Å². The van der Waals surface area contributed by atoms with Crippen molar-refractivity contribution in [2.24, 2.45) is 0 Å². The number of aromatic amines is 1. The summed E-state index contributed by atoms with van der Waals surface area (Å²) in [7, 11) is 2.05. The first-order valence-electron chi connectivity index (χ1n) is 11.3. The lowest BCUT2D eigenvalue weighted by Crippen LogP contribution is -2.22. The van der Waals surface area contributed by atoms with Gasteiger partial charge < -0.3 is 25.3 Å². The molecule has 0 aliphatic carbocycles. The molecule has 1 aliphatic rings. The number of nitrogens with zero attached hydrogens (tertiary/aromatic N) is 3. The Morgan fingerprint density at radius 3 is 2.97 bits per heavy atom. The topological polar surface area (TPSA) is 95.2 Å². The predicted molar refractivity (Wildman–Crippen MR) is 134 cm³/mol. The molecule has 2 aromatic heterocycles. The Hall–Kier alpha value is -4.24. The molecule has 9 heteroatoms. The van der Waals surface area contributed by atoms with Gasteiger partial charge in [-0.3, -0.25) is 4.79 Å². The Labute approximate surface area is 201 Å². The molecule has 0 spiro atoms. The van der Waals surface area contributed by atoms with Gasteiger partial charge in [-0.05, 0) is 55.4 Å². The van der Waals surface area contributed by atoms with Crippen LogP contribution in [-0.2, 0) is 4.79 Å². The Morgan fingerprint density at radius 2 is 2.20 bits per heavy atom. The van der Waals surface area contributed by atoms with Gasteiger partial charge in [-0.2, -0.15) is 0 Å². The fraction of sp³-hybridized carbons (Fsp3) is 0.192. The monoisotopic (exact) mass is 472 g/mol. The maximum atomic E-state index is 13.8. The molecule has 3 N–H and O–H groups in total. The van der Waals surface area contributed by atoms with Crippen LogP contribution in [0.3, 0.4) is 0 Å². The molecule has 178 valence electrons. The van der Waals surface area contributed by atoms with Crippen molar-refractivity contribution in [1.29, 1.82) is 0 Å². The fourth-order valence-electron chi connectivity index (χ4n) is 4.14. The molecule has 1 amide bonds. The number of hydrogen-bond acceptors (Lipinski definition) is 6. The molecule has 1 saturated heterocycles. The summed E-state index contributed by atoms with van der Waals surface area (Å²) in [4.78, 5) is 26.4. The summed E-state index contributed by atoms with van der Waals surface area (Å²) in [6.07, 6.45) is 5.64. The number of ether oxygens (including phenoxy) is 1. The zero-order valence-electron chi connectivity index (χ0n) is 19.2. The fourth-order valence-corrected chi connectivity index (χ4v) is 4.14. The van der Waals surface area contributed by atoms with Crippen molar-refractivity contribution >= 4 is 34.3 Å². The van der Waals surface area contributed by atoms with E-state index in [0.29, 0.717) is 28.6 Å². The van der Waals surface area contributed by atoms with E-state index in [0.717, 1.165) is 36.2 Å². The molecule has 3 heterocycles. The Bertz CT molecular complexity index is 1400. The molecule has 8 nitrogen and oxygen atoms in total. The van der Waals surface area contributed by atoms with Crippen LogP contribution in [0.4, 0.5) is 21.7 Å². The van der Waals surface area contributed by atoms with Crippen LogP contribution in [0, 0.1) is 5.82 Å². The summed E-state index contributed by atoms with van der Waals surface area (Å²) in [6, 6.07) is 11.8. The minimum Gasteiger partial charge on any atom is -0.487 e. The summed E-state index contributed by atoms with van der Waals surface area (Å²) < 4.78 is 19.9. The number of aromatic nitrogens is 3. The molecule has 1 fully saturated rings. The number of carbonyl (C=O) groups excluding carboxylic acids is 1. The zero-order chi connectivity index (χ0) is 24.4. The quantitative estimate of drug-likeness (QED) is 0.337. The van der Waals surface area contributed by atoms with E-state index in [-0.39, 0.29) is 17.8 Å². The lowest BCUT2D eigenvalue weighted by molar-refractivity contribution is -0.111. The van der Waals surface area contributed by atoms with Gasteiger partial charge in [0, 0.05) is 30.5 Å². The minimum atomic E-state index is -0.333. The van der Waals surface area contributed by atoms with Crippen LogP contribution < -0.4 is 15.4 Å². The Morgan fingerprint density at radius 1 is 1.31 bits per heavy atom. The molecular formula is C26H25FN6O2. The van der Waals surface area contributed by atoms with Gasteiger partial charge in [0.25, 0.3) is 0 Å². The van der Waals surface area contributed by atoms with Crippen molar-refractivity contribution in [3.8, 4) is 16.9 Å². The van der Waals surface area contributed by atoms with Crippen molar-refractivity contribution in [2.75, 3.05) is 30.8 Å². The molecule has 5 rings (SSSR count). The van der Waals surface area contributed by atoms with Gasteiger partial charge in [0.05, 0.1) is 17.4 Å².